The summed E-state index contributed by atoms with van der Waals surface area (Å²) < 4.78 is 74.0. The fourth-order valence-corrected chi connectivity index (χ4v) is 2.42. The third-order valence-electron chi connectivity index (χ3n) is 1.33. The third-order valence-corrected chi connectivity index (χ3v) is 5.40. The van der Waals surface area contributed by atoms with Crippen molar-refractivity contribution in [1.82, 2.24) is 0 Å². The monoisotopic (exact) mass is 257 g/mol. The molecule has 0 saturated carbocycles. The van der Waals surface area contributed by atoms with E-state index in [1.807, 2.05) is 0 Å². The molecule has 0 saturated heterocycles. The lowest BCUT2D eigenvalue weighted by atomic mass is 11.5. The van der Waals surface area contributed by atoms with E-state index in [2.05, 4.69) is 0 Å². The van der Waals surface area contributed by atoms with E-state index in [-0.39, 0.29) is 13.3 Å². The highest BCUT2D eigenvalue weighted by molar-refractivity contribution is 7.98. The maximum atomic E-state index is 11.8. The van der Waals surface area contributed by atoms with Crippen LogP contribution in [0.3, 0.4) is 0 Å². The number of sulfonamides is 2. The van der Waals surface area contributed by atoms with E-state index in [9.17, 15) is 35.2 Å². The first-order valence-electron chi connectivity index (χ1n) is 2.84. The van der Waals surface area contributed by atoms with E-state index >= 15 is 0 Å². The standard InChI is InChI=1S/C3H6F3NO5S2/c1-7(8,13(2,9)10)14(11,12)3(4,5)6/h1-2H3. The number of alkyl halides is 3. The lowest BCUT2D eigenvalue weighted by molar-refractivity contribution is -0.588. The SMILES string of the molecule is C[N+]([O-])(S(C)(=O)=O)S(=O)(=O)C(F)(F)F. The molecular weight excluding hydrogens is 251 g/mol. The normalized spacial score (nSPS) is 19.0. The molecular formula is C3H6F3NO5S2. The van der Waals surface area contributed by atoms with Crippen molar-refractivity contribution in [2.24, 2.45) is 0 Å². The van der Waals surface area contributed by atoms with Crippen molar-refractivity contribution < 1.29 is 33.5 Å². The molecule has 0 aromatic carbocycles. The zero-order chi connectivity index (χ0) is 12.0. The summed E-state index contributed by atoms with van der Waals surface area (Å²) in [6, 6.07) is 0. The maximum absolute atomic E-state index is 11.8. The summed E-state index contributed by atoms with van der Waals surface area (Å²) in [7, 11) is -11.4. The highest BCUT2D eigenvalue weighted by Gasteiger charge is 2.59. The van der Waals surface area contributed by atoms with Crippen molar-refractivity contribution in [2.45, 2.75) is 5.51 Å². The molecule has 0 N–H and O–H groups in total. The number of hydrogen-bond donors (Lipinski definition) is 0. The second kappa shape index (κ2) is 3.05. The van der Waals surface area contributed by atoms with Crippen molar-refractivity contribution in [3.05, 3.63) is 5.21 Å². The van der Waals surface area contributed by atoms with Crippen LogP contribution in [-0.2, 0) is 20.0 Å². The van der Waals surface area contributed by atoms with Crippen molar-refractivity contribution in [3.63, 3.8) is 0 Å². The Bertz CT molecular complexity index is 418. The van der Waals surface area contributed by atoms with Crippen LogP contribution in [0.5, 0.6) is 0 Å². The van der Waals surface area contributed by atoms with Crippen molar-refractivity contribution >= 4 is 20.0 Å². The highest BCUT2D eigenvalue weighted by Crippen LogP contribution is 2.32. The summed E-state index contributed by atoms with van der Waals surface area (Å²) in [5.74, 6) is 0. The predicted octanol–water partition coefficient (Wildman–Crippen LogP) is -0.260. The Morgan fingerprint density at radius 1 is 1.14 bits per heavy atom. The second-order valence-corrected chi connectivity index (χ2v) is 6.93. The van der Waals surface area contributed by atoms with Gasteiger partial charge >= 0.3 is 25.6 Å². The number of quaternary nitrogens is 1. The first-order chi connectivity index (χ1) is 5.75. The van der Waals surface area contributed by atoms with Crippen LogP contribution in [0.15, 0.2) is 0 Å². The second-order valence-electron chi connectivity index (χ2n) is 2.43. The van der Waals surface area contributed by atoms with E-state index in [4.69, 9.17) is 0 Å². The van der Waals surface area contributed by atoms with Gasteiger partial charge in [-0.25, -0.2) is 0 Å². The van der Waals surface area contributed by atoms with Gasteiger partial charge in [0.1, 0.15) is 0 Å². The fraction of sp³-hybridized carbons (Fsp3) is 1.00. The van der Waals surface area contributed by atoms with Gasteiger partial charge in [-0.3, -0.25) is 0 Å². The number of rotatable bonds is 2. The molecule has 0 radical (unpaired) electrons. The smallest absolute Gasteiger partial charge is 0.551 e. The largest absolute Gasteiger partial charge is 0.601 e. The zero-order valence-electron chi connectivity index (χ0n) is 6.94. The Labute approximate surface area is 78.2 Å². The Balaban J connectivity index is 5.82. The van der Waals surface area contributed by atoms with E-state index in [1.165, 1.54) is 0 Å². The quantitative estimate of drug-likeness (QED) is 0.502. The van der Waals surface area contributed by atoms with E-state index in [1.54, 1.807) is 0 Å². The summed E-state index contributed by atoms with van der Waals surface area (Å²) in [6.45, 7) is 0. The average Bonchev–Trinajstić information content (AvgIpc) is 1.81. The van der Waals surface area contributed by atoms with Gasteiger partial charge in [0.25, 0.3) is 0 Å². The highest BCUT2D eigenvalue weighted by atomic mass is 32.3. The van der Waals surface area contributed by atoms with Crippen LogP contribution in [0, 0.1) is 5.21 Å². The number of hydrogen-bond acceptors (Lipinski definition) is 5. The van der Waals surface area contributed by atoms with E-state index < -0.39 is 29.0 Å². The molecule has 0 aliphatic carbocycles. The molecule has 0 fully saturated rings. The average molecular weight is 257 g/mol. The molecule has 0 aromatic heterocycles. The van der Waals surface area contributed by atoms with Crippen molar-refractivity contribution in [2.75, 3.05) is 13.3 Å². The summed E-state index contributed by atoms with van der Waals surface area (Å²) in [5, 5.41) is 10.8. The lowest BCUT2D eigenvalue weighted by Crippen LogP contribution is -2.53. The topological polar surface area (TPSA) is 91.3 Å². The number of halogens is 3. The van der Waals surface area contributed by atoms with E-state index in [0.29, 0.717) is 0 Å². The van der Waals surface area contributed by atoms with Crippen LogP contribution in [0.1, 0.15) is 0 Å². The molecule has 1 unspecified atom stereocenters. The van der Waals surface area contributed by atoms with Gasteiger partial charge in [-0.05, 0) is 0 Å². The Morgan fingerprint density at radius 3 is 1.50 bits per heavy atom. The molecule has 0 bridgehead atoms. The molecule has 0 rings (SSSR count). The Kier molecular flexibility index (Phi) is 2.96. The minimum atomic E-state index is -6.34. The van der Waals surface area contributed by atoms with Gasteiger partial charge in [0.15, 0.2) is 0 Å². The summed E-state index contributed by atoms with van der Waals surface area (Å²) in [5.41, 5.74) is -5.91. The van der Waals surface area contributed by atoms with Gasteiger partial charge in [0.05, 0.1) is 13.3 Å². The van der Waals surface area contributed by atoms with Crippen LogP contribution in [0.2, 0.25) is 0 Å². The predicted molar refractivity (Wildman–Crippen MR) is 39.4 cm³/mol. The van der Waals surface area contributed by atoms with Crippen LogP contribution >= 0.6 is 0 Å². The van der Waals surface area contributed by atoms with Crippen LogP contribution < -0.4 is 0 Å². The number of nitrogens with zero attached hydrogens (tertiary/aromatic N) is 1. The molecule has 14 heavy (non-hydrogen) atoms. The molecule has 0 amide bonds. The molecule has 0 aromatic rings. The lowest BCUT2D eigenvalue weighted by Gasteiger charge is -2.33. The molecule has 0 aliphatic heterocycles. The Morgan fingerprint density at radius 2 is 1.43 bits per heavy atom. The molecule has 0 spiro atoms. The summed E-state index contributed by atoms with van der Waals surface area (Å²) in [4.78, 5) is 0. The minimum Gasteiger partial charge on any atom is -0.601 e. The Hall–Kier alpha value is -0.390. The van der Waals surface area contributed by atoms with Gasteiger partial charge < -0.3 is 5.21 Å². The number of hydroxylamine groups is 1. The molecule has 0 aliphatic rings. The first-order valence-corrected chi connectivity index (χ1v) is 6.13. The van der Waals surface area contributed by atoms with Gasteiger partial charge in [0.2, 0.25) is 0 Å². The van der Waals surface area contributed by atoms with Gasteiger partial charge in [-0.1, -0.05) is 0 Å². The molecule has 86 valence electrons. The van der Waals surface area contributed by atoms with E-state index in [0.717, 1.165) is 0 Å². The zero-order valence-corrected chi connectivity index (χ0v) is 8.57. The van der Waals surface area contributed by atoms with Gasteiger partial charge in [-0.15, -0.1) is 3.46 Å². The summed E-state index contributed by atoms with van der Waals surface area (Å²) in [6.07, 6.45) is 0.100. The maximum Gasteiger partial charge on any atom is 0.551 e. The van der Waals surface area contributed by atoms with Crippen molar-refractivity contribution in [3.8, 4) is 0 Å². The molecule has 0 heterocycles. The van der Waals surface area contributed by atoms with Crippen molar-refractivity contribution in [1.29, 1.82) is 0 Å². The van der Waals surface area contributed by atoms with Gasteiger partial charge in [-0.2, -0.15) is 30.0 Å². The minimum absolute atomic E-state index is 0.100. The van der Waals surface area contributed by atoms with Gasteiger partial charge in [0, 0.05) is 0 Å². The first kappa shape index (κ1) is 13.6. The fourth-order valence-electron chi connectivity index (χ4n) is 0.366. The van der Waals surface area contributed by atoms with Crippen LogP contribution in [-0.4, -0.2) is 39.1 Å². The van der Waals surface area contributed by atoms with Crippen LogP contribution in [0.25, 0.3) is 0 Å². The third kappa shape index (κ3) is 1.85. The molecule has 1 atom stereocenters. The van der Waals surface area contributed by atoms with Crippen LogP contribution in [0.4, 0.5) is 13.2 Å². The molecule has 11 heteroatoms. The molecule has 6 nitrogen and oxygen atoms in total. The summed E-state index contributed by atoms with van der Waals surface area (Å²) >= 11 is 0.